The summed E-state index contributed by atoms with van der Waals surface area (Å²) >= 11 is 0. The lowest BCUT2D eigenvalue weighted by Gasteiger charge is -2.25. The number of nitrogens with zero attached hydrogens (tertiary/aromatic N) is 1. The summed E-state index contributed by atoms with van der Waals surface area (Å²) in [5.41, 5.74) is 4.20. The highest BCUT2D eigenvalue weighted by molar-refractivity contribution is 5.53. The van der Waals surface area contributed by atoms with E-state index >= 15 is 0 Å². The van der Waals surface area contributed by atoms with Crippen LogP contribution in [0.25, 0.3) is 0 Å². The van der Waals surface area contributed by atoms with Crippen molar-refractivity contribution in [2.75, 3.05) is 25.0 Å². The second kappa shape index (κ2) is 5.54. The lowest BCUT2D eigenvalue weighted by molar-refractivity contribution is 0.431. The predicted molar refractivity (Wildman–Crippen MR) is 76.9 cm³/mol. The summed E-state index contributed by atoms with van der Waals surface area (Å²) in [4.78, 5) is 2.31. The van der Waals surface area contributed by atoms with Gasteiger partial charge >= 0.3 is 0 Å². The lowest BCUT2D eigenvalue weighted by atomic mass is 10.1. The van der Waals surface area contributed by atoms with Gasteiger partial charge in [-0.2, -0.15) is 0 Å². The number of anilines is 1. The van der Waals surface area contributed by atoms with Crippen LogP contribution in [0.5, 0.6) is 0 Å². The number of aryl methyl sites for hydroxylation is 2. The molecular weight excluding hydrogens is 208 g/mol. The van der Waals surface area contributed by atoms with Crippen molar-refractivity contribution in [3.8, 4) is 0 Å². The highest BCUT2D eigenvalue weighted by atomic mass is 15.1. The quantitative estimate of drug-likeness (QED) is 0.861. The van der Waals surface area contributed by atoms with Crippen molar-refractivity contribution in [3.63, 3.8) is 0 Å². The molecule has 0 aromatic heterocycles. The third-order valence-electron chi connectivity index (χ3n) is 2.87. The van der Waals surface area contributed by atoms with Crippen molar-refractivity contribution >= 4 is 5.69 Å². The number of hydrogen-bond acceptors (Lipinski definition) is 2. The largest absolute Gasteiger partial charge is 0.373 e. The molecule has 0 aliphatic carbocycles. The topological polar surface area (TPSA) is 15.3 Å². The molecule has 0 saturated heterocycles. The second-order valence-electron chi connectivity index (χ2n) is 5.89. The Kier molecular flexibility index (Phi) is 4.58. The predicted octanol–water partition coefficient (Wildman–Crippen LogP) is 3.13. The Balaban J connectivity index is 2.55. The highest BCUT2D eigenvalue weighted by Crippen LogP contribution is 2.19. The van der Waals surface area contributed by atoms with E-state index in [4.69, 9.17) is 0 Å². The summed E-state index contributed by atoms with van der Waals surface area (Å²) in [5.74, 6) is 0. The molecule has 1 aromatic rings. The van der Waals surface area contributed by atoms with Gasteiger partial charge in [0.1, 0.15) is 0 Å². The van der Waals surface area contributed by atoms with E-state index in [9.17, 15) is 0 Å². The van der Waals surface area contributed by atoms with Crippen LogP contribution < -0.4 is 10.2 Å². The van der Waals surface area contributed by atoms with Gasteiger partial charge in [-0.3, -0.25) is 0 Å². The van der Waals surface area contributed by atoms with Crippen LogP contribution >= 0.6 is 0 Å². The first-order valence-corrected chi connectivity index (χ1v) is 6.33. The maximum absolute atomic E-state index is 3.51. The van der Waals surface area contributed by atoms with Gasteiger partial charge in [-0.1, -0.05) is 17.7 Å². The third-order valence-corrected chi connectivity index (χ3v) is 2.87. The second-order valence-corrected chi connectivity index (χ2v) is 5.89. The molecule has 1 N–H and O–H groups in total. The van der Waals surface area contributed by atoms with Crippen LogP contribution in [-0.2, 0) is 0 Å². The maximum Gasteiger partial charge on any atom is 0.0393 e. The summed E-state index contributed by atoms with van der Waals surface area (Å²) in [6.07, 6.45) is 0. The molecule has 1 rings (SSSR count). The monoisotopic (exact) mass is 234 g/mol. The minimum absolute atomic E-state index is 0.198. The molecule has 0 heterocycles. The molecule has 0 atom stereocenters. The number of benzene rings is 1. The first-order chi connectivity index (χ1) is 7.79. The molecular formula is C15H26N2. The van der Waals surface area contributed by atoms with E-state index in [1.165, 1.54) is 16.8 Å². The molecule has 0 aliphatic heterocycles. The molecule has 2 heteroatoms. The molecule has 96 valence electrons. The van der Waals surface area contributed by atoms with Crippen LogP contribution in [0.15, 0.2) is 18.2 Å². The van der Waals surface area contributed by atoms with Gasteiger partial charge in [-0.25, -0.2) is 0 Å². The molecule has 0 unspecified atom stereocenters. The van der Waals surface area contributed by atoms with Crippen molar-refractivity contribution in [3.05, 3.63) is 29.3 Å². The zero-order chi connectivity index (χ0) is 13.1. The van der Waals surface area contributed by atoms with Gasteiger partial charge in [0.15, 0.2) is 0 Å². The fraction of sp³-hybridized carbons (Fsp3) is 0.600. The van der Waals surface area contributed by atoms with Crippen LogP contribution in [0.2, 0.25) is 0 Å². The van der Waals surface area contributed by atoms with Crippen molar-refractivity contribution < 1.29 is 0 Å². The maximum atomic E-state index is 3.51. The van der Waals surface area contributed by atoms with Gasteiger partial charge in [0.2, 0.25) is 0 Å². The fourth-order valence-electron chi connectivity index (χ4n) is 1.95. The van der Waals surface area contributed by atoms with E-state index < -0.39 is 0 Å². The fourth-order valence-corrected chi connectivity index (χ4v) is 1.95. The van der Waals surface area contributed by atoms with Gasteiger partial charge in [0, 0.05) is 31.4 Å². The van der Waals surface area contributed by atoms with E-state index in [1.807, 2.05) is 0 Å². The van der Waals surface area contributed by atoms with Crippen LogP contribution in [0, 0.1) is 13.8 Å². The normalized spacial score (nSPS) is 11.6. The van der Waals surface area contributed by atoms with Crippen LogP contribution in [0.4, 0.5) is 5.69 Å². The van der Waals surface area contributed by atoms with E-state index in [0.29, 0.717) is 0 Å². The Morgan fingerprint density at radius 2 is 1.82 bits per heavy atom. The highest BCUT2D eigenvalue weighted by Gasteiger charge is 2.09. The Bertz CT molecular complexity index is 364. The Morgan fingerprint density at radius 1 is 1.18 bits per heavy atom. The first-order valence-electron chi connectivity index (χ1n) is 6.33. The minimum atomic E-state index is 0.198. The standard InChI is InChI=1S/C15H26N2/c1-12-7-8-14(13(2)11-12)17(6)10-9-16-15(3,4)5/h7-8,11,16H,9-10H2,1-6H3. The van der Waals surface area contributed by atoms with Crippen molar-refractivity contribution in [2.24, 2.45) is 0 Å². The van der Waals surface area contributed by atoms with Crippen LogP contribution in [0.3, 0.4) is 0 Å². The summed E-state index contributed by atoms with van der Waals surface area (Å²) in [7, 11) is 2.15. The zero-order valence-corrected chi connectivity index (χ0v) is 12.1. The molecule has 2 nitrogen and oxygen atoms in total. The van der Waals surface area contributed by atoms with E-state index in [1.54, 1.807) is 0 Å². The van der Waals surface area contributed by atoms with Crippen molar-refractivity contribution in [1.82, 2.24) is 5.32 Å². The van der Waals surface area contributed by atoms with Gasteiger partial charge in [0.05, 0.1) is 0 Å². The van der Waals surface area contributed by atoms with Crippen molar-refractivity contribution in [2.45, 2.75) is 40.2 Å². The van der Waals surface area contributed by atoms with Crippen LogP contribution in [-0.4, -0.2) is 25.7 Å². The van der Waals surface area contributed by atoms with E-state index in [2.05, 4.69) is 70.1 Å². The summed E-state index contributed by atoms with van der Waals surface area (Å²) < 4.78 is 0. The SMILES string of the molecule is Cc1ccc(N(C)CCNC(C)(C)C)c(C)c1. The molecule has 0 bridgehead atoms. The van der Waals surface area contributed by atoms with Gasteiger partial charge < -0.3 is 10.2 Å². The van der Waals surface area contributed by atoms with Gasteiger partial charge in [-0.05, 0) is 46.2 Å². The molecule has 0 aliphatic rings. The average molecular weight is 234 g/mol. The lowest BCUT2D eigenvalue weighted by Crippen LogP contribution is -2.40. The van der Waals surface area contributed by atoms with E-state index in [0.717, 1.165) is 13.1 Å². The third kappa shape index (κ3) is 4.78. The average Bonchev–Trinajstić information content (AvgIpc) is 2.15. The molecule has 0 fully saturated rings. The summed E-state index contributed by atoms with van der Waals surface area (Å²) in [6.45, 7) is 12.9. The number of likely N-dealkylation sites (N-methyl/N-ethyl adjacent to an activating group) is 1. The Hall–Kier alpha value is -1.02. The number of nitrogens with one attached hydrogen (secondary N) is 1. The summed E-state index contributed by atoms with van der Waals surface area (Å²) in [6, 6.07) is 6.63. The smallest absolute Gasteiger partial charge is 0.0393 e. The van der Waals surface area contributed by atoms with Crippen molar-refractivity contribution in [1.29, 1.82) is 0 Å². The first kappa shape index (κ1) is 14.0. The Morgan fingerprint density at radius 3 is 2.35 bits per heavy atom. The molecule has 0 spiro atoms. The molecule has 0 radical (unpaired) electrons. The molecule has 17 heavy (non-hydrogen) atoms. The molecule has 0 saturated carbocycles. The summed E-state index contributed by atoms with van der Waals surface area (Å²) in [5, 5.41) is 3.51. The van der Waals surface area contributed by atoms with Gasteiger partial charge in [0.25, 0.3) is 0 Å². The zero-order valence-electron chi connectivity index (χ0n) is 12.1. The number of rotatable bonds is 4. The van der Waals surface area contributed by atoms with Crippen LogP contribution in [0.1, 0.15) is 31.9 Å². The number of hydrogen-bond donors (Lipinski definition) is 1. The van der Waals surface area contributed by atoms with Gasteiger partial charge in [-0.15, -0.1) is 0 Å². The van der Waals surface area contributed by atoms with E-state index in [-0.39, 0.29) is 5.54 Å². The minimum Gasteiger partial charge on any atom is -0.373 e. The molecule has 1 aromatic carbocycles. The Labute approximate surface area is 106 Å². The molecule has 0 amide bonds.